The second-order valence-electron chi connectivity index (χ2n) is 4.83. The topological polar surface area (TPSA) is 49.4 Å². The van der Waals surface area contributed by atoms with Gasteiger partial charge in [0, 0.05) is 17.1 Å². The third-order valence-electron chi connectivity index (χ3n) is 3.45. The Bertz CT molecular complexity index is 688. The number of rotatable bonds is 3. The van der Waals surface area contributed by atoms with Crippen LogP contribution in [-0.4, -0.2) is 16.8 Å². The molecule has 3 amide bonds. The number of benzene rings is 2. The number of nitrogens with one attached hydrogen (secondary N) is 1. The largest absolute Gasteiger partial charge is 0.325 e. The number of carbonyl (C=O) groups is 2. The van der Waals surface area contributed by atoms with Crippen molar-refractivity contribution in [2.75, 3.05) is 0 Å². The summed E-state index contributed by atoms with van der Waals surface area (Å²) >= 11 is 6.17. The van der Waals surface area contributed by atoms with Gasteiger partial charge in [-0.05, 0) is 11.6 Å². The minimum Gasteiger partial charge on any atom is -0.304 e. The van der Waals surface area contributed by atoms with Crippen LogP contribution in [0, 0.1) is 0 Å². The Hall–Kier alpha value is -2.33. The molecule has 106 valence electrons. The van der Waals surface area contributed by atoms with Crippen LogP contribution in [0.2, 0.25) is 5.02 Å². The molecule has 2 aromatic carbocycles. The van der Waals surface area contributed by atoms with Crippen LogP contribution in [-0.2, 0) is 11.3 Å². The molecule has 2 aromatic rings. The fourth-order valence-electron chi connectivity index (χ4n) is 2.45. The molecule has 0 aliphatic carbocycles. The van der Waals surface area contributed by atoms with Gasteiger partial charge in [-0.2, -0.15) is 0 Å². The van der Waals surface area contributed by atoms with Gasteiger partial charge in [-0.25, -0.2) is 4.79 Å². The number of halogens is 1. The minimum atomic E-state index is -0.689. The first-order valence-electron chi connectivity index (χ1n) is 6.56. The number of nitrogens with zero attached hydrogens (tertiary/aromatic N) is 1. The van der Waals surface area contributed by atoms with E-state index >= 15 is 0 Å². The van der Waals surface area contributed by atoms with E-state index in [0.29, 0.717) is 17.1 Å². The van der Waals surface area contributed by atoms with Crippen molar-refractivity contribution in [3.63, 3.8) is 0 Å². The van der Waals surface area contributed by atoms with E-state index < -0.39 is 12.1 Å². The molecule has 3 rings (SSSR count). The van der Waals surface area contributed by atoms with Gasteiger partial charge in [0.05, 0.1) is 0 Å². The van der Waals surface area contributed by atoms with E-state index in [-0.39, 0.29) is 5.91 Å². The number of urea groups is 1. The third-order valence-corrected chi connectivity index (χ3v) is 3.79. The minimum absolute atomic E-state index is 0.343. The molecule has 1 aliphatic rings. The smallest absolute Gasteiger partial charge is 0.304 e. The Balaban J connectivity index is 1.95. The summed E-state index contributed by atoms with van der Waals surface area (Å²) in [6, 6.07) is 15.5. The van der Waals surface area contributed by atoms with Crippen LogP contribution in [0.4, 0.5) is 4.79 Å². The quantitative estimate of drug-likeness (QED) is 0.885. The molecule has 1 saturated heterocycles. The molecule has 1 N–H and O–H groups in total. The van der Waals surface area contributed by atoms with Crippen molar-refractivity contribution in [3.8, 4) is 0 Å². The molecular weight excluding hydrogens is 288 g/mol. The van der Waals surface area contributed by atoms with Gasteiger partial charge in [0.25, 0.3) is 5.91 Å². The van der Waals surface area contributed by atoms with E-state index in [1.54, 1.807) is 24.3 Å². The summed E-state index contributed by atoms with van der Waals surface area (Å²) in [6.45, 7) is 0.355. The van der Waals surface area contributed by atoms with Gasteiger partial charge in [0.15, 0.2) is 0 Å². The highest BCUT2D eigenvalue weighted by Crippen LogP contribution is 2.31. The zero-order valence-electron chi connectivity index (χ0n) is 11.1. The Kier molecular flexibility index (Phi) is 3.62. The summed E-state index contributed by atoms with van der Waals surface area (Å²) in [4.78, 5) is 25.6. The van der Waals surface area contributed by atoms with Crippen molar-refractivity contribution in [1.82, 2.24) is 10.2 Å². The van der Waals surface area contributed by atoms with Gasteiger partial charge in [-0.3, -0.25) is 10.1 Å². The number of hydrogen-bond acceptors (Lipinski definition) is 2. The standard InChI is InChI=1S/C16H13ClN2O2/c17-13-9-5-4-8-12(13)14-15(20)18-16(21)19(14)10-11-6-2-1-3-7-11/h1-9,14H,10H2,(H,18,20,21). The second-order valence-corrected chi connectivity index (χ2v) is 5.24. The lowest BCUT2D eigenvalue weighted by Gasteiger charge is -2.22. The molecule has 1 unspecified atom stereocenters. The maximum atomic E-state index is 12.1. The van der Waals surface area contributed by atoms with Crippen LogP contribution in [0.15, 0.2) is 54.6 Å². The van der Waals surface area contributed by atoms with E-state index in [4.69, 9.17) is 11.6 Å². The van der Waals surface area contributed by atoms with Gasteiger partial charge in [0.1, 0.15) is 6.04 Å². The molecule has 1 heterocycles. The lowest BCUT2D eigenvalue weighted by Crippen LogP contribution is -2.29. The zero-order chi connectivity index (χ0) is 14.8. The summed E-state index contributed by atoms with van der Waals surface area (Å²) in [7, 11) is 0. The van der Waals surface area contributed by atoms with Gasteiger partial charge < -0.3 is 4.90 Å². The van der Waals surface area contributed by atoms with Crippen molar-refractivity contribution in [2.45, 2.75) is 12.6 Å². The average molecular weight is 301 g/mol. The molecule has 0 bridgehead atoms. The van der Waals surface area contributed by atoms with Gasteiger partial charge in [-0.15, -0.1) is 0 Å². The molecule has 0 radical (unpaired) electrons. The molecule has 1 fully saturated rings. The predicted octanol–water partition coefficient (Wildman–Crippen LogP) is 3.13. The zero-order valence-corrected chi connectivity index (χ0v) is 11.9. The first-order chi connectivity index (χ1) is 10.2. The molecule has 4 nitrogen and oxygen atoms in total. The van der Waals surface area contributed by atoms with E-state index in [1.807, 2.05) is 30.3 Å². The first kappa shape index (κ1) is 13.6. The molecule has 1 aliphatic heterocycles. The number of imide groups is 1. The summed E-state index contributed by atoms with van der Waals surface area (Å²) in [5.74, 6) is -0.343. The van der Waals surface area contributed by atoms with Gasteiger partial charge >= 0.3 is 6.03 Å². The maximum absolute atomic E-state index is 12.1. The third kappa shape index (κ3) is 2.62. The second kappa shape index (κ2) is 5.58. The SMILES string of the molecule is O=C1NC(=O)N(Cc2ccccc2)C1c1ccccc1Cl. The van der Waals surface area contributed by atoms with Crippen molar-refractivity contribution in [2.24, 2.45) is 0 Å². The van der Waals surface area contributed by atoms with Crippen LogP contribution in [0.3, 0.4) is 0 Å². The van der Waals surface area contributed by atoms with Crippen molar-refractivity contribution >= 4 is 23.5 Å². The highest BCUT2D eigenvalue weighted by atomic mass is 35.5. The highest BCUT2D eigenvalue weighted by Gasteiger charge is 2.40. The summed E-state index contributed by atoms with van der Waals surface area (Å²) in [6.07, 6.45) is 0. The lowest BCUT2D eigenvalue weighted by molar-refractivity contribution is -0.121. The molecule has 21 heavy (non-hydrogen) atoms. The van der Waals surface area contributed by atoms with Crippen LogP contribution in [0.25, 0.3) is 0 Å². The van der Waals surface area contributed by atoms with Crippen LogP contribution in [0.1, 0.15) is 17.2 Å². The Labute approximate surface area is 127 Å². The molecule has 1 atom stereocenters. The van der Waals surface area contributed by atoms with Gasteiger partial charge in [0.2, 0.25) is 0 Å². The lowest BCUT2D eigenvalue weighted by atomic mass is 10.1. The van der Waals surface area contributed by atoms with Crippen molar-refractivity contribution < 1.29 is 9.59 Å². The molecule has 0 saturated carbocycles. The first-order valence-corrected chi connectivity index (χ1v) is 6.94. The summed E-state index contributed by atoms with van der Waals surface area (Å²) < 4.78 is 0. The van der Waals surface area contributed by atoms with Crippen LogP contribution >= 0.6 is 11.6 Å². The van der Waals surface area contributed by atoms with Gasteiger partial charge in [-0.1, -0.05) is 60.1 Å². The molecule has 0 spiro atoms. The van der Waals surface area contributed by atoms with E-state index in [2.05, 4.69) is 5.32 Å². The average Bonchev–Trinajstić information content (AvgIpc) is 2.75. The van der Waals surface area contributed by atoms with Crippen molar-refractivity contribution in [3.05, 3.63) is 70.7 Å². The predicted molar refractivity (Wildman–Crippen MR) is 79.7 cm³/mol. The Morgan fingerprint density at radius 2 is 1.67 bits per heavy atom. The number of carbonyl (C=O) groups excluding carboxylic acids is 2. The monoisotopic (exact) mass is 300 g/mol. The van der Waals surface area contributed by atoms with Crippen LogP contribution < -0.4 is 5.32 Å². The fraction of sp³-hybridized carbons (Fsp3) is 0.125. The molecule has 5 heteroatoms. The molecule has 0 aromatic heterocycles. The van der Waals surface area contributed by atoms with E-state index in [0.717, 1.165) is 5.56 Å². The van der Waals surface area contributed by atoms with E-state index in [1.165, 1.54) is 4.90 Å². The molecular formula is C16H13ClN2O2. The number of amides is 3. The summed E-state index contributed by atoms with van der Waals surface area (Å²) in [5.41, 5.74) is 1.60. The number of hydrogen-bond donors (Lipinski definition) is 1. The Morgan fingerprint density at radius 1 is 1.00 bits per heavy atom. The van der Waals surface area contributed by atoms with Crippen molar-refractivity contribution in [1.29, 1.82) is 0 Å². The fourth-order valence-corrected chi connectivity index (χ4v) is 2.69. The van der Waals surface area contributed by atoms with E-state index in [9.17, 15) is 9.59 Å². The normalized spacial score (nSPS) is 18.0. The maximum Gasteiger partial charge on any atom is 0.325 e. The summed E-state index contributed by atoms with van der Waals surface area (Å²) in [5, 5.41) is 2.83. The van der Waals surface area contributed by atoms with Crippen LogP contribution in [0.5, 0.6) is 0 Å². The highest BCUT2D eigenvalue weighted by molar-refractivity contribution is 6.31. The Morgan fingerprint density at radius 3 is 2.38 bits per heavy atom.